The second kappa shape index (κ2) is 11.0. The van der Waals surface area contributed by atoms with E-state index in [2.05, 4.69) is 27.1 Å². The van der Waals surface area contributed by atoms with Crippen molar-refractivity contribution in [1.29, 1.82) is 0 Å². The van der Waals surface area contributed by atoms with Gasteiger partial charge in [-0.15, -0.1) is 16.9 Å². The highest BCUT2D eigenvalue weighted by molar-refractivity contribution is 8.14. The van der Waals surface area contributed by atoms with Crippen LogP contribution in [0.5, 0.6) is 0 Å². The van der Waals surface area contributed by atoms with E-state index in [9.17, 15) is 4.79 Å². The maximum Gasteiger partial charge on any atom is 0.313 e. The third-order valence-electron chi connectivity index (χ3n) is 2.85. The van der Waals surface area contributed by atoms with Crippen molar-refractivity contribution in [3.8, 4) is 0 Å². The lowest BCUT2D eigenvalue weighted by atomic mass is 10.1. The number of pyridine rings is 1. The molecule has 0 aliphatic rings. The van der Waals surface area contributed by atoms with Crippen LogP contribution in [0.3, 0.4) is 0 Å². The lowest BCUT2D eigenvalue weighted by Gasteiger charge is -2.07. The summed E-state index contributed by atoms with van der Waals surface area (Å²) in [7, 11) is 1.73. The van der Waals surface area contributed by atoms with Crippen LogP contribution in [0.4, 0.5) is 0 Å². The molecule has 130 valence electrons. The summed E-state index contributed by atoms with van der Waals surface area (Å²) in [6.45, 7) is 3.82. The smallest absolute Gasteiger partial charge is 0.313 e. The Morgan fingerprint density at radius 2 is 2.12 bits per heavy atom. The standard InChI is InChI=1S/C16H22N4O2S2/c1-5-6-14(20-19-11(2)24-10-15(21)22)13-8-7-12(9-17-3)16(18-13)23-4/h7-9H,5-6,10H2,1-4H3,(H,21,22). The second-order valence-electron chi connectivity index (χ2n) is 4.78. The minimum atomic E-state index is -0.869. The van der Waals surface area contributed by atoms with Gasteiger partial charge in [-0.25, -0.2) is 4.98 Å². The molecule has 0 atom stereocenters. The van der Waals surface area contributed by atoms with Crippen LogP contribution < -0.4 is 0 Å². The zero-order valence-corrected chi connectivity index (χ0v) is 15.9. The highest BCUT2D eigenvalue weighted by Gasteiger charge is 2.09. The topological polar surface area (TPSA) is 87.3 Å². The van der Waals surface area contributed by atoms with Gasteiger partial charge in [0.1, 0.15) is 5.03 Å². The molecule has 0 fully saturated rings. The van der Waals surface area contributed by atoms with Crippen LogP contribution in [0, 0.1) is 0 Å². The van der Waals surface area contributed by atoms with Crippen molar-refractivity contribution in [2.75, 3.05) is 19.1 Å². The van der Waals surface area contributed by atoms with Gasteiger partial charge in [0.15, 0.2) is 0 Å². The van der Waals surface area contributed by atoms with Crippen LogP contribution in [0.15, 0.2) is 32.4 Å². The van der Waals surface area contributed by atoms with Crippen molar-refractivity contribution in [2.45, 2.75) is 31.7 Å². The van der Waals surface area contributed by atoms with Crippen LogP contribution in [-0.4, -0.2) is 52.1 Å². The van der Waals surface area contributed by atoms with E-state index in [1.54, 1.807) is 31.9 Å². The minimum Gasteiger partial charge on any atom is -0.481 e. The molecule has 1 aromatic rings. The Morgan fingerprint density at radius 1 is 1.38 bits per heavy atom. The Bertz CT molecular complexity index is 657. The van der Waals surface area contributed by atoms with Crippen molar-refractivity contribution < 1.29 is 9.90 Å². The van der Waals surface area contributed by atoms with Gasteiger partial charge in [-0.2, -0.15) is 5.10 Å². The number of aliphatic carboxylic acids is 1. The summed E-state index contributed by atoms with van der Waals surface area (Å²) >= 11 is 2.72. The zero-order chi connectivity index (χ0) is 17.9. The second-order valence-corrected chi connectivity index (χ2v) is 6.74. The molecule has 0 aliphatic carbocycles. The van der Waals surface area contributed by atoms with Crippen LogP contribution in [-0.2, 0) is 4.79 Å². The maximum absolute atomic E-state index is 10.6. The number of carboxylic acid groups (broad SMARTS) is 1. The van der Waals surface area contributed by atoms with Crippen LogP contribution in [0.2, 0.25) is 0 Å². The summed E-state index contributed by atoms with van der Waals surface area (Å²) in [6, 6.07) is 3.89. The molecular weight excluding hydrogens is 344 g/mol. The van der Waals surface area contributed by atoms with E-state index in [-0.39, 0.29) is 5.75 Å². The summed E-state index contributed by atoms with van der Waals surface area (Å²) < 4.78 is 0. The fourth-order valence-corrected chi connectivity index (χ4v) is 2.78. The highest BCUT2D eigenvalue weighted by Crippen LogP contribution is 2.18. The van der Waals surface area contributed by atoms with Crippen LogP contribution in [0.1, 0.15) is 37.9 Å². The molecule has 0 unspecified atom stereocenters. The van der Waals surface area contributed by atoms with Gasteiger partial charge in [0.2, 0.25) is 0 Å². The van der Waals surface area contributed by atoms with Gasteiger partial charge in [-0.3, -0.25) is 9.79 Å². The highest BCUT2D eigenvalue weighted by atomic mass is 32.2. The van der Waals surface area contributed by atoms with Gasteiger partial charge in [-0.05, 0) is 31.7 Å². The fraction of sp³-hybridized carbons (Fsp3) is 0.438. The third-order valence-corrected chi connectivity index (χ3v) is 4.45. The van der Waals surface area contributed by atoms with Crippen molar-refractivity contribution in [2.24, 2.45) is 15.2 Å². The van der Waals surface area contributed by atoms with E-state index in [0.717, 1.165) is 46.6 Å². The monoisotopic (exact) mass is 366 g/mol. The summed E-state index contributed by atoms with van der Waals surface area (Å²) in [6.07, 6.45) is 5.43. The first-order valence-electron chi connectivity index (χ1n) is 7.45. The van der Waals surface area contributed by atoms with E-state index >= 15 is 0 Å². The first-order valence-corrected chi connectivity index (χ1v) is 9.66. The normalized spacial score (nSPS) is 12.8. The van der Waals surface area contributed by atoms with Crippen molar-refractivity contribution in [1.82, 2.24) is 4.98 Å². The fourth-order valence-electron chi connectivity index (χ4n) is 1.80. The molecule has 8 heteroatoms. The van der Waals surface area contributed by atoms with Gasteiger partial charge in [0.05, 0.1) is 22.2 Å². The molecule has 6 nitrogen and oxygen atoms in total. The largest absolute Gasteiger partial charge is 0.481 e. The molecule has 0 amide bonds. The molecule has 0 aliphatic heterocycles. The van der Waals surface area contributed by atoms with Crippen molar-refractivity contribution in [3.05, 3.63) is 23.4 Å². The van der Waals surface area contributed by atoms with E-state index in [1.807, 2.05) is 18.4 Å². The molecule has 0 bridgehead atoms. The van der Waals surface area contributed by atoms with Crippen molar-refractivity contribution >= 4 is 46.5 Å². The molecule has 0 aromatic carbocycles. The molecular formula is C16H22N4O2S2. The Labute approximate surface area is 151 Å². The van der Waals surface area contributed by atoms with Gasteiger partial charge in [0, 0.05) is 18.8 Å². The summed E-state index contributed by atoms with van der Waals surface area (Å²) in [5, 5.41) is 18.6. The quantitative estimate of drug-likeness (QED) is 0.329. The number of rotatable bonds is 8. The summed E-state index contributed by atoms with van der Waals surface area (Å²) in [5.74, 6) is -0.889. The molecule has 24 heavy (non-hydrogen) atoms. The lowest BCUT2D eigenvalue weighted by Crippen LogP contribution is -2.06. The van der Waals surface area contributed by atoms with E-state index in [4.69, 9.17) is 5.11 Å². The summed E-state index contributed by atoms with van der Waals surface area (Å²) in [5.41, 5.74) is 2.55. The molecule has 0 radical (unpaired) electrons. The number of aromatic nitrogens is 1. The number of nitrogens with zero attached hydrogens (tertiary/aromatic N) is 4. The summed E-state index contributed by atoms with van der Waals surface area (Å²) in [4.78, 5) is 19.3. The molecule has 1 heterocycles. The minimum absolute atomic E-state index is 0.0200. The van der Waals surface area contributed by atoms with Gasteiger partial charge in [-0.1, -0.05) is 25.1 Å². The van der Waals surface area contributed by atoms with Gasteiger partial charge in [0.25, 0.3) is 0 Å². The average molecular weight is 367 g/mol. The van der Waals surface area contributed by atoms with Crippen LogP contribution in [0.25, 0.3) is 0 Å². The Kier molecular flexibility index (Phi) is 9.33. The van der Waals surface area contributed by atoms with E-state index in [0.29, 0.717) is 5.04 Å². The molecule has 0 saturated heterocycles. The lowest BCUT2D eigenvalue weighted by molar-refractivity contribution is -0.133. The number of aliphatic imine (C=N–C) groups is 1. The third kappa shape index (κ3) is 6.84. The molecule has 1 N–H and O–H groups in total. The predicted molar refractivity (Wildman–Crippen MR) is 104 cm³/mol. The Morgan fingerprint density at radius 3 is 2.71 bits per heavy atom. The SMILES string of the molecule is CCCC(=NN=C(C)SCC(=O)O)c1ccc(C=NC)c(SC)n1. The van der Waals surface area contributed by atoms with Crippen molar-refractivity contribution in [3.63, 3.8) is 0 Å². The molecule has 1 rings (SSSR count). The Balaban J connectivity index is 3.08. The molecule has 1 aromatic heterocycles. The number of hydrogen-bond donors (Lipinski definition) is 1. The number of carbonyl (C=O) groups is 1. The molecule has 0 saturated carbocycles. The number of carboxylic acids is 1. The average Bonchev–Trinajstić information content (AvgIpc) is 2.57. The van der Waals surface area contributed by atoms with E-state index in [1.165, 1.54) is 0 Å². The number of hydrogen-bond acceptors (Lipinski definition) is 7. The number of thioether (sulfide) groups is 2. The van der Waals surface area contributed by atoms with Gasteiger partial charge < -0.3 is 5.11 Å². The van der Waals surface area contributed by atoms with E-state index < -0.39 is 5.97 Å². The zero-order valence-electron chi connectivity index (χ0n) is 14.3. The predicted octanol–water partition coefficient (Wildman–Crippen LogP) is 3.59. The first-order chi connectivity index (χ1) is 11.5. The molecule has 0 spiro atoms. The van der Waals surface area contributed by atoms with Gasteiger partial charge >= 0.3 is 5.97 Å². The maximum atomic E-state index is 10.6. The first kappa shape index (κ1) is 20.4. The Hall–Kier alpha value is -1.67. The van der Waals surface area contributed by atoms with Crippen LogP contribution >= 0.6 is 23.5 Å².